The normalized spacial score (nSPS) is 14.6. The lowest BCUT2D eigenvalue weighted by Gasteiger charge is -2.20. The number of rotatable bonds is 10. The van der Waals surface area contributed by atoms with Crippen molar-refractivity contribution in [3.63, 3.8) is 0 Å². The van der Waals surface area contributed by atoms with Crippen LogP contribution in [0, 0.1) is 0 Å². The standard InChI is InChI=1S/C13H29N3O2/c1-5-7-12(14)13(17)15-10-11(18-6-2)8-9-16(3)4/h11-12H,5-10,14H2,1-4H3,(H,15,17). The molecule has 0 aliphatic rings. The Hall–Kier alpha value is -0.650. The third-order valence-electron chi connectivity index (χ3n) is 2.74. The SMILES string of the molecule is CCCC(N)C(=O)NCC(CCN(C)C)OCC. The smallest absolute Gasteiger partial charge is 0.237 e. The first-order valence-corrected chi connectivity index (χ1v) is 6.80. The Morgan fingerprint density at radius 1 is 1.33 bits per heavy atom. The zero-order valence-corrected chi connectivity index (χ0v) is 12.2. The molecule has 0 spiro atoms. The van der Waals surface area contributed by atoms with Gasteiger partial charge in [0.2, 0.25) is 5.91 Å². The van der Waals surface area contributed by atoms with Gasteiger partial charge in [0.05, 0.1) is 12.1 Å². The van der Waals surface area contributed by atoms with E-state index in [-0.39, 0.29) is 12.0 Å². The highest BCUT2D eigenvalue weighted by atomic mass is 16.5. The molecule has 0 saturated heterocycles. The molecule has 2 atom stereocenters. The molecule has 0 radical (unpaired) electrons. The number of hydrogen-bond donors (Lipinski definition) is 2. The van der Waals surface area contributed by atoms with Gasteiger partial charge in [-0.1, -0.05) is 13.3 Å². The Bertz CT molecular complexity index is 222. The first-order chi connectivity index (χ1) is 8.51. The van der Waals surface area contributed by atoms with Crippen molar-refractivity contribution in [3.05, 3.63) is 0 Å². The summed E-state index contributed by atoms with van der Waals surface area (Å²) in [5, 5.41) is 2.87. The second-order valence-electron chi connectivity index (χ2n) is 4.81. The fourth-order valence-electron chi connectivity index (χ4n) is 1.67. The van der Waals surface area contributed by atoms with E-state index in [1.807, 2.05) is 27.9 Å². The van der Waals surface area contributed by atoms with E-state index < -0.39 is 6.04 Å². The minimum Gasteiger partial charge on any atom is -0.377 e. The maximum Gasteiger partial charge on any atom is 0.237 e. The molecule has 0 aromatic rings. The number of hydrogen-bond acceptors (Lipinski definition) is 4. The molecule has 0 saturated carbocycles. The van der Waals surface area contributed by atoms with Crippen molar-refractivity contribution < 1.29 is 9.53 Å². The Morgan fingerprint density at radius 3 is 2.50 bits per heavy atom. The Morgan fingerprint density at radius 2 is 2.00 bits per heavy atom. The van der Waals surface area contributed by atoms with Crippen molar-refractivity contribution in [3.8, 4) is 0 Å². The van der Waals surface area contributed by atoms with Crippen LogP contribution in [0.15, 0.2) is 0 Å². The van der Waals surface area contributed by atoms with Crippen molar-refractivity contribution in [1.82, 2.24) is 10.2 Å². The Balaban J connectivity index is 3.97. The predicted octanol–water partition coefficient (Wildman–Crippen LogP) is 0.587. The van der Waals surface area contributed by atoms with Crippen LogP contribution in [0.1, 0.15) is 33.1 Å². The van der Waals surface area contributed by atoms with Crippen LogP contribution in [0.3, 0.4) is 0 Å². The van der Waals surface area contributed by atoms with Crippen LogP contribution in [0.4, 0.5) is 0 Å². The summed E-state index contributed by atoms with van der Waals surface area (Å²) in [7, 11) is 4.05. The summed E-state index contributed by atoms with van der Waals surface area (Å²) >= 11 is 0. The maximum atomic E-state index is 11.7. The lowest BCUT2D eigenvalue weighted by atomic mass is 10.1. The molecular formula is C13H29N3O2. The zero-order valence-electron chi connectivity index (χ0n) is 12.2. The fraction of sp³-hybridized carbons (Fsp3) is 0.923. The minimum absolute atomic E-state index is 0.0650. The molecule has 0 aliphatic carbocycles. The van der Waals surface area contributed by atoms with E-state index in [0.29, 0.717) is 13.2 Å². The van der Waals surface area contributed by atoms with Crippen LogP contribution in [0.2, 0.25) is 0 Å². The highest BCUT2D eigenvalue weighted by molar-refractivity contribution is 5.81. The molecule has 2 unspecified atom stereocenters. The van der Waals surface area contributed by atoms with Gasteiger partial charge in [0.15, 0.2) is 0 Å². The van der Waals surface area contributed by atoms with Crippen molar-refractivity contribution in [2.24, 2.45) is 5.73 Å². The van der Waals surface area contributed by atoms with Crippen LogP contribution in [-0.2, 0) is 9.53 Å². The van der Waals surface area contributed by atoms with E-state index in [1.54, 1.807) is 0 Å². The second-order valence-corrected chi connectivity index (χ2v) is 4.81. The summed E-state index contributed by atoms with van der Waals surface area (Å²) in [6.45, 7) is 6.13. The van der Waals surface area contributed by atoms with Gasteiger partial charge in [-0.25, -0.2) is 0 Å². The third-order valence-corrected chi connectivity index (χ3v) is 2.74. The van der Waals surface area contributed by atoms with Gasteiger partial charge in [0, 0.05) is 19.7 Å². The van der Waals surface area contributed by atoms with Gasteiger partial charge < -0.3 is 20.7 Å². The van der Waals surface area contributed by atoms with Gasteiger partial charge in [-0.05, 0) is 33.9 Å². The number of nitrogens with two attached hydrogens (primary N) is 1. The van der Waals surface area contributed by atoms with Gasteiger partial charge >= 0.3 is 0 Å². The molecule has 0 heterocycles. The summed E-state index contributed by atoms with van der Waals surface area (Å²) in [5.74, 6) is -0.0774. The maximum absolute atomic E-state index is 11.7. The van der Waals surface area contributed by atoms with Gasteiger partial charge in [-0.15, -0.1) is 0 Å². The van der Waals surface area contributed by atoms with Gasteiger partial charge in [-0.3, -0.25) is 4.79 Å². The van der Waals surface area contributed by atoms with Gasteiger partial charge in [0.25, 0.3) is 0 Å². The number of carbonyl (C=O) groups excluding carboxylic acids is 1. The Kier molecular flexibility index (Phi) is 9.92. The number of carbonyl (C=O) groups is 1. The first-order valence-electron chi connectivity index (χ1n) is 6.80. The van der Waals surface area contributed by atoms with Crippen molar-refractivity contribution >= 4 is 5.91 Å². The number of ether oxygens (including phenoxy) is 1. The van der Waals surface area contributed by atoms with Crippen LogP contribution in [0.5, 0.6) is 0 Å². The number of nitrogens with zero attached hydrogens (tertiary/aromatic N) is 1. The molecule has 18 heavy (non-hydrogen) atoms. The molecule has 0 aromatic carbocycles. The average molecular weight is 259 g/mol. The summed E-state index contributed by atoms with van der Waals surface area (Å²) < 4.78 is 5.60. The van der Waals surface area contributed by atoms with Crippen LogP contribution in [-0.4, -0.2) is 56.7 Å². The topological polar surface area (TPSA) is 67.6 Å². The van der Waals surface area contributed by atoms with Crippen molar-refractivity contribution in [1.29, 1.82) is 0 Å². The molecule has 5 heteroatoms. The molecule has 0 bridgehead atoms. The molecule has 0 aromatic heterocycles. The summed E-state index contributed by atoms with van der Waals surface area (Å²) in [6.07, 6.45) is 2.62. The number of nitrogens with one attached hydrogen (secondary N) is 1. The molecule has 1 amide bonds. The van der Waals surface area contributed by atoms with Crippen LogP contribution < -0.4 is 11.1 Å². The average Bonchev–Trinajstić information content (AvgIpc) is 2.32. The van der Waals surface area contributed by atoms with E-state index in [9.17, 15) is 4.79 Å². The fourth-order valence-corrected chi connectivity index (χ4v) is 1.67. The van der Waals surface area contributed by atoms with Crippen molar-refractivity contribution in [2.75, 3.05) is 33.8 Å². The summed E-state index contributed by atoms with van der Waals surface area (Å²) in [6, 6.07) is -0.397. The molecule has 108 valence electrons. The van der Waals surface area contributed by atoms with E-state index in [0.717, 1.165) is 25.8 Å². The van der Waals surface area contributed by atoms with Crippen LogP contribution >= 0.6 is 0 Å². The largest absolute Gasteiger partial charge is 0.377 e. The van der Waals surface area contributed by atoms with Gasteiger partial charge in [0.1, 0.15) is 0 Å². The van der Waals surface area contributed by atoms with E-state index in [1.165, 1.54) is 0 Å². The quantitative estimate of drug-likeness (QED) is 0.602. The molecule has 0 rings (SSSR count). The molecule has 5 nitrogen and oxygen atoms in total. The van der Waals surface area contributed by atoms with Crippen LogP contribution in [0.25, 0.3) is 0 Å². The zero-order chi connectivity index (χ0) is 14.0. The third kappa shape index (κ3) is 8.44. The van der Waals surface area contributed by atoms with E-state index in [4.69, 9.17) is 10.5 Å². The van der Waals surface area contributed by atoms with Crippen molar-refractivity contribution in [2.45, 2.75) is 45.3 Å². The summed E-state index contributed by atoms with van der Waals surface area (Å²) in [5.41, 5.74) is 5.75. The second kappa shape index (κ2) is 10.3. The van der Waals surface area contributed by atoms with Gasteiger partial charge in [-0.2, -0.15) is 0 Å². The molecule has 3 N–H and O–H groups in total. The van der Waals surface area contributed by atoms with E-state index >= 15 is 0 Å². The first kappa shape index (κ1) is 17.4. The predicted molar refractivity (Wildman–Crippen MR) is 74.5 cm³/mol. The molecule has 0 aliphatic heterocycles. The minimum atomic E-state index is -0.397. The number of amides is 1. The van der Waals surface area contributed by atoms with E-state index in [2.05, 4.69) is 10.2 Å². The summed E-state index contributed by atoms with van der Waals surface area (Å²) in [4.78, 5) is 13.8. The lowest BCUT2D eigenvalue weighted by Crippen LogP contribution is -2.44. The molecule has 0 fully saturated rings. The highest BCUT2D eigenvalue weighted by Crippen LogP contribution is 2.00. The lowest BCUT2D eigenvalue weighted by molar-refractivity contribution is -0.123. The highest BCUT2D eigenvalue weighted by Gasteiger charge is 2.15. The molecular weight excluding hydrogens is 230 g/mol. The monoisotopic (exact) mass is 259 g/mol. The Labute approximate surface area is 111 Å².